The number of carbonyl (C=O) groups is 2. The number of fused-ring (bicyclic) bond motifs is 1. The molecule has 0 fully saturated rings. The lowest BCUT2D eigenvalue weighted by molar-refractivity contribution is -0.137. The van der Waals surface area contributed by atoms with E-state index in [0.29, 0.717) is 12.8 Å². The molecule has 2 aromatic carbocycles. The van der Waals surface area contributed by atoms with Crippen LogP contribution in [0.4, 0.5) is 10.1 Å². The largest absolute Gasteiger partial charge is 0.376 e. The van der Waals surface area contributed by atoms with E-state index in [2.05, 4.69) is 10.6 Å². The maximum absolute atomic E-state index is 13.5. The Kier molecular flexibility index (Phi) is 4.81. The molecule has 0 unspecified atom stereocenters. The van der Waals surface area contributed by atoms with Gasteiger partial charge in [-0.05, 0) is 23.3 Å². The van der Waals surface area contributed by atoms with E-state index in [-0.39, 0.29) is 12.2 Å². The van der Waals surface area contributed by atoms with E-state index < -0.39 is 23.2 Å². The van der Waals surface area contributed by atoms with Crippen molar-refractivity contribution in [1.29, 1.82) is 0 Å². The van der Waals surface area contributed by atoms with Crippen molar-refractivity contribution in [2.75, 3.05) is 19.0 Å². The van der Waals surface area contributed by atoms with E-state index >= 15 is 0 Å². The Morgan fingerprint density at radius 3 is 2.24 bits per heavy atom. The third-order valence-electron chi connectivity index (χ3n) is 4.48. The average molecular weight is 342 g/mol. The van der Waals surface area contributed by atoms with Gasteiger partial charge in [0.25, 0.3) is 0 Å². The van der Waals surface area contributed by atoms with E-state index in [1.165, 1.54) is 29.3 Å². The van der Waals surface area contributed by atoms with Crippen LogP contribution in [0.5, 0.6) is 0 Å². The summed E-state index contributed by atoms with van der Waals surface area (Å²) in [6.45, 7) is 0.196. The smallest absolute Gasteiger partial charge is 0.313 e. The van der Waals surface area contributed by atoms with Crippen molar-refractivity contribution < 1.29 is 18.7 Å². The molecule has 0 bridgehead atoms. The minimum absolute atomic E-state index is 0.0302. The lowest BCUT2D eigenvalue weighted by Crippen LogP contribution is -2.48. The van der Waals surface area contributed by atoms with Crippen LogP contribution in [-0.4, -0.2) is 31.1 Å². The van der Waals surface area contributed by atoms with Crippen LogP contribution in [0.1, 0.15) is 11.1 Å². The summed E-state index contributed by atoms with van der Waals surface area (Å²) in [5, 5.41) is 4.86. The normalized spacial score (nSPS) is 14.6. The van der Waals surface area contributed by atoms with Crippen molar-refractivity contribution >= 4 is 17.5 Å². The summed E-state index contributed by atoms with van der Waals surface area (Å²) in [5.74, 6) is -2.33. The SMILES string of the molecule is COC1(CNC(=O)C(=O)Nc2ccccc2F)Cc2ccccc2C1. The van der Waals surface area contributed by atoms with Gasteiger partial charge in [0.15, 0.2) is 0 Å². The summed E-state index contributed by atoms with van der Waals surface area (Å²) in [4.78, 5) is 24.0. The van der Waals surface area contributed by atoms with Gasteiger partial charge in [0.1, 0.15) is 5.82 Å². The minimum Gasteiger partial charge on any atom is -0.376 e. The van der Waals surface area contributed by atoms with E-state index in [1.807, 2.05) is 24.3 Å². The topological polar surface area (TPSA) is 67.4 Å². The molecule has 5 nitrogen and oxygen atoms in total. The number of benzene rings is 2. The molecule has 1 aliphatic carbocycles. The van der Waals surface area contributed by atoms with Gasteiger partial charge in [0.05, 0.1) is 11.3 Å². The van der Waals surface area contributed by atoms with Crippen LogP contribution in [0, 0.1) is 5.82 Å². The van der Waals surface area contributed by atoms with Crippen LogP contribution in [0.15, 0.2) is 48.5 Å². The van der Waals surface area contributed by atoms with Crippen molar-refractivity contribution in [3.8, 4) is 0 Å². The highest BCUT2D eigenvalue weighted by molar-refractivity contribution is 6.39. The fourth-order valence-corrected chi connectivity index (χ4v) is 3.06. The summed E-state index contributed by atoms with van der Waals surface area (Å²) in [6, 6.07) is 13.7. The Hall–Kier alpha value is -2.73. The molecule has 0 radical (unpaired) electrons. The molecule has 0 saturated heterocycles. The highest BCUT2D eigenvalue weighted by Crippen LogP contribution is 2.32. The number of halogens is 1. The molecule has 25 heavy (non-hydrogen) atoms. The first-order chi connectivity index (χ1) is 12.0. The number of nitrogens with one attached hydrogen (secondary N) is 2. The van der Waals surface area contributed by atoms with Crippen molar-refractivity contribution in [3.63, 3.8) is 0 Å². The highest BCUT2D eigenvalue weighted by atomic mass is 19.1. The number of ether oxygens (including phenoxy) is 1. The number of para-hydroxylation sites is 1. The number of hydrogen-bond acceptors (Lipinski definition) is 3. The number of anilines is 1. The quantitative estimate of drug-likeness (QED) is 0.836. The Labute approximate surface area is 145 Å². The predicted octanol–water partition coefficient (Wildman–Crippen LogP) is 2.06. The van der Waals surface area contributed by atoms with Crippen LogP contribution in [0.2, 0.25) is 0 Å². The zero-order valence-electron chi connectivity index (χ0n) is 13.8. The number of carbonyl (C=O) groups excluding carboxylic acids is 2. The molecule has 2 amide bonds. The number of hydrogen-bond donors (Lipinski definition) is 2. The Balaban J connectivity index is 1.60. The zero-order valence-corrected chi connectivity index (χ0v) is 13.8. The molecule has 130 valence electrons. The van der Waals surface area contributed by atoms with Crippen LogP contribution in [0.3, 0.4) is 0 Å². The monoisotopic (exact) mass is 342 g/mol. The third-order valence-corrected chi connectivity index (χ3v) is 4.48. The first kappa shape index (κ1) is 17.1. The lowest BCUT2D eigenvalue weighted by atomic mass is 10.00. The van der Waals surface area contributed by atoms with E-state index in [0.717, 1.165) is 0 Å². The molecule has 2 aromatic rings. The molecule has 0 saturated carbocycles. The van der Waals surface area contributed by atoms with E-state index in [4.69, 9.17) is 4.74 Å². The molecule has 0 spiro atoms. The van der Waals surface area contributed by atoms with Gasteiger partial charge < -0.3 is 15.4 Å². The van der Waals surface area contributed by atoms with E-state index in [9.17, 15) is 14.0 Å². The standard InChI is InChI=1S/C19H19FN2O3/c1-25-19(10-13-6-2-3-7-14(13)11-19)12-21-17(23)18(24)22-16-9-5-4-8-15(16)20/h2-9H,10-12H2,1H3,(H,21,23)(H,22,24). The van der Waals surface area contributed by atoms with Gasteiger partial charge in [-0.25, -0.2) is 4.39 Å². The van der Waals surface area contributed by atoms with Gasteiger partial charge in [0.2, 0.25) is 0 Å². The highest BCUT2D eigenvalue weighted by Gasteiger charge is 2.37. The van der Waals surface area contributed by atoms with Gasteiger partial charge in [-0.1, -0.05) is 36.4 Å². The molecule has 0 aliphatic heterocycles. The maximum Gasteiger partial charge on any atom is 0.313 e. The molecule has 3 rings (SSSR count). The summed E-state index contributed by atoms with van der Waals surface area (Å²) in [6.07, 6.45) is 1.32. The summed E-state index contributed by atoms with van der Waals surface area (Å²) in [5.41, 5.74) is 1.75. The first-order valence-electron chi connectivity index (χ1n) is 7.99. The fourth-order valence-electron chi connectivity index (χ4n) is 3.06. The van der Waals surface area contributed by atoms with Crippen molar-refractivity contribution in [3.05, 3.63) is 65.5 Å². The van der Waals surface area contributed by atoms with Crippen molar-refractivity contribution in [2.45, 2.75) is 18.4 Å². The number of methoxy groups -OCH3 is 1. The van der Waals surface area contributed by atoms with Crippen LogP contribution >= 0.6 is 0 Å². The molecule has 1 aliphatic rings. The summed E-state index contributed by atoms with van der Waals surface area (Å²) >= 11 is 0. The van der Waals surface area contributed by atoms with Gasteiger partial charge in [0, 0.05) is 26.5 Å². The number of amides is 2. The minimum atomic E-state index is -0.910. The van der Waals surface area contributed by atoms with Gasteiger partial charge in [-0.15, -0.1) is 0 Å². The first-order valence-corrected chi connectivity index (χ1v) is 7.99. The zero-order chi connectivity index (χ0) is 17.9. The predicted molar refractivity (Wildman–Crippen MR) is 91.6 cm³/mol. The molecule has 6 heteroatoms. The van der Waals surface area contributed by atoms with Crippen LogP contribution < -0.4 is 10.6 Å². The Morgan fingerprint density at radius 1 is 1.04 bits per heavy atom. The van der Waals surface area contributed by atoms with Crippen molar-refractivity contribution in [2.24, 2.45) is 0 Å². The Morgan fingerprint density at radius 2 is 1.64 bits per heavy atom. The molecule has 0 heterocycles. The third kappa shape index (κ3) is 3.69. The molecule has 0 atom stereocenters. The van der Waals surface area contributed by atoms with Gasteiger partial charge in [-0.2, -0.15) is 0 Å². The molecular weight excluding hydrogens is 323 g/mol. The van der Waals surface area contributed by atoms with Gasteiger partial charge in [-0.3, -0.25) is 9.59 Å². The maximum atomic E-state index is 13.5. The average Bonchev–Trinajstić information content (AvgIpc) is 3.01. The lowest BCUT2D eigenvalue weighted by Gasteiger charge is -2.27. The molecule has 2 N–H and O–H groups in total. The second-order valence-electron chi connectivity index (χ2n) is 6.13. The molecular formula is C19H19FN2O3. The fraction of sp³-hybridized carbons (Fsp3) is 0.263. The van der Waals surface area contributed by atoms with Crippen LogP contribution in [-0.2, 0) is 27.2 Å². The summed E-state index contributed by atoms with van der Waals surface area (Å²) < 4.78 is 19.2. The second kappa shape index (κ2) is 7.03. The molecule has 0 aromatic heterocycles. The van der Waals surface area contributed by atoms with Crippen LogP contribution in [0.25, 0.3) is 0 Å². The Bertz CT molecular complexity index is 782. The van der Waals surface area contributed by atoms with E-state index in [1.54, 1.807) is 13.2 Å². The van der Waals surface area contributed by atoms with Gasteiger partial charge >= 0.3 is 11.8 Å². The number of rotatable bonds is 4. The second-order valence-corrected chi connectivity index (χ2v) is 6.13. The summed E-state index contributed by atoms with van der Waals surface area (Å²) in [7, 11) is 1.59. The van der Waals surface area contributed by atoms with Crippen molar-refractivity contribution in [1.82, 2.24) is 5.32 Å².